The van der Waals surface area contributed by atoms with E-state index in [9.17, 15) is 9.59 Å². The molecule has 6 nitrogen and oxygen atoms in total. The molecular formula is C14H18N2O4. The van der Waals surface area contributed by atoms with Gasteiger partial charge in [-0.15, -0.1) is 0 Å². The normalized spacial score (nSPS) is 18.7. The number of hydrogen-bond donors (Lipinski definition) is 2. The number of carboxylic acid groups (broad SMARTS) is 1. The molecule has 108 valence electrons. The topological polar surface area (TPSA) is 78.9 Å². The van der Waals surface area contributed by atoms with Gasteiger partial charge in [-0.1, -0.05) is 6.07 Å². The maximum atomic E-state index is 12.1. The zero-order valence-corrected chi connectivity index (χ0v) is 11.5. The summed E-state index contributed by atoms with van der Waals surface area (Å²) in [5.74, 6) is -1.05. The second-order valence-corrected chi connectivity index (χ2v) is 4.95. The van der Waals surface area contributed by atoms with Crippen molar-refractivity contribution in [2.75, 3.05) is 25.0 Å². The van der Waals surface area contributed by atoms with Crippen LogP contribution in [0, 0.1) is 13.8 Å². The Morgan fingerprint density at radius 3 is 2.55 bits per heavy atom. The van der Waals surface area contributed by atoms with Crippen molar-refractivity contribution in [3.05, 3.63) is 29.3 Å². The van der Waals surface area contributed by atoms with Crippen LogP contribution < -0.4 is 5.32 Å². The minimum absolute atomic E-state index is 0.0615. The summed E-state index contributed by atoms with van der Waals surface area (Å²) in [6.07, 6.45) is -0.950. The lowest BCUT2D eigenvalue weighted by atomic mass is 10.1. The molecular weight excluding hydrogens is 260 g/mol. The molecule has 2 rings (SSSR count). The summed E-state index contributed by atoms with van der Waals surface area (Å²) in [5.41, 5.74) is 2.84. The average Bonchev–Trinajstić information content (AvgIpc) is 2.37. The predicted molar refractivity (Wildman–Crippen MR) is 73.9 cm³/mol. The maximum absolute atomic E-state index is 12.1. The van der Waals surface area contributed by atoms with Crippen molar-refractivity contribution in [1.29, 1.82) is 0 Å². The Hall–Kier alpha value is -2.08. The summed E-state index contributed by atoms with van der Waals surface area (Å²) in [7, 11) is 0. The van der Waals surface area contributed by atoms with Gasteiger partial charge in [0.1, 0.15) is 0 Å². The zero-order chi connectivity index (χ0) is 14.7. The average molecular weight is 278 g/mol. The number of anilines is 1. The van der Waals surface area contributed by atoms with Crippen LogP contribution in [0.1, 0.15) is 11.1 Å². The van der Waals surface area contributed by atoms with E-state index in [-0.39, 0.29) is 19.2 Å². The van der Waals surface area contributed by atoms with Crippen LogP contribution in [0.15, 0.2) is 18.2 Å². The Balaban J connectivity index is 2.02. The first-order chi connectivity index (χ1) is 9.45. The van der Waals surface area contributed by atoms with Crippen LogP contribution in [0.3, 0.4) is 0 Å². The van der Waals surface area contributed by atoms with Gasteiger partial charge in [0.15, 0.2) is 6.10 Å². The van der Waals surface area contributed by atoms with Gasteiger partial charge in [-0.25, -0.2) is 9.59 Å². The van der Waals surface area contributed by atoms with Gasteiger partial charge in [0.25, 0.3) is 0 Å². The minimum atomic E-state index is -1.05. The molecule has 0 bridgehead atoms. The summed E-state index contributed by atoms with van der Waals surface area (Å²) in [6, 6.07) is 5.47. The highest BCUT2D eigenvalue weighted by molar-refractivity contribution is 5.90. The molecule has 1 fully saturated rings. The summed E-state index contributed by atoms with van der Waals surface area (Å²) in [6.45, 7) is 4.60. The lowest BCUT2D eigenvalue weighted by molar-refractivity contribution is -0.154. The Morgan fingerprint density at radius 2 is 1.95 bits per heavy atom. The Kier molecular flexibility index (Phi) is 4.24. The predicted octanol–water partition coefficient (Wildman–Crippen LogP) is 1.62. The number of benzene rings is 1. The zero-order valence-electron chi connectivity index (χ0n) is 11.5. The van der Waals surface area contributed by atoms with Crippen molar-refractivity contribution in [3.63, 3.8) is 0 Å². The molecule has 0 aliphatic carbocycles. The van der Waals surface area contributed by atoms with E-state index < -0.39 is 12.1 Å². The fourth-order valence-corrected chi connectivity index (χ4v) is 2.23. The molecule has 1 heterocycles. The van der Waals surface area contributed by atoms with Crippen LogP contribution in [0.25, 0.3) is 0 Å². The van der Waals surface area contributed by atoms with Crippen LogP contribution in [0.5, 0.6) is 0 Å². The van der Waals surface area contributed by atoms with Gasteiger partial charge >= 0.3 is 12.0 Å². The number of nitrogens with zero attached hydrogens (tertiary/aromatic N) is 1. The van der Waals surface area contributed by atoms with Crippen LogP contribution in [-0.4, -0.2) is 47.8 Å². The number of aryl methyl sites for hydroxylation is 2. The second kappa shape index (κ2) is 5.92. The van der Waals surface area contributed by atoms with Crippen LogP contribution in [-0.2, 0) is 9.53 Å². The van der Waals surface area contributed by atoms with Gasteiger partial charge in [-0.3, -0.25) is 0 Å². The number of ether oxygens (including phenoxy) is 1. The fourth-order valence-electron chi connectivity index (χ4n) is 2.23. The molecule has 1 unspecified atom stereocenters. The third-order valence-corrected chi connectivity index (χ3v) is 3.10. The standard InChI is InChI=1S/C14H18N2O4/c1-9-5-10(2)7-11(6-9)15-14(19)16-3-4-20-12(8-16)13(17)18/h5-7,12H,3-4,8H2,1-2H3,(H,15,19)(H,17,18). The first kappa shape index (κ1) is 14.3. The lowest BCUT2D eigenvalue weighted by Gasteiger charge is -2.30. The van der Waals surface area contributed by atoms with Crippen molar-refractivity contribution in [3.8, 4) is 0 Å². The number of carbonyl (C=O) groups is 2. The quantitative estimate of drug-likeness (QED) is 0.861. The van der Waals surface area contributed by atoms with Gasteiger partial charge in [-0.2, -0.15) is 0 Å². The number of urea groups is 1. The molecule has 6 heteroatoms. The van der Waals surface area contributed by atoms with Gasteiger partial charge in [0.05, 0.1) is 13.2 Å². The molecule has 1 aliphatic heterocycles. The monoisotopic (exact) mass is 278 g/mol. The second-order valence-electron chi connectivity index (χ2n) is 4.95. The SMILES string of the molecule is Cc1cc(C)cc(NC(=O)N2CCOC(C(=O)O)C2)c1. The third kappa shape index (κ3) is 3.48. The fraction of sp³-hybridized carbons (Fsp3) is 0.429. The van der Waals surface area contributed by atoms with Gasteiger partial charge in [0, 0.05) is 12.2 Å². The molecule has 1 aromatic carbocycles. The summed E-state index contributed by atoms with van der Waals surface area (Å²) in [5, 5.41) is 11.7. The molecule has 2 amide bonds. The molecule has 0 spiro atoms. The maximum Gasteiger partial charge on any atom is 0.334 e. The number of morpholine rings is 1. The Morgan fingerprint density at radius 1 is 1.30 bits per heavy atom. The van der Waals surface area contributed by atoms with E-state index in [0.29, 0.717) is 12.2 Å². The largest absolute Gasteiger partial charge is 0.479 e. The number of carboxylic acids is 1. The highest BCUT2D eigenvalue weighted by atomic mass is 16.5. The molecule has 1 atom stereocenters. The molecule has 1 saturated heterocycles. The first-order valence-corrected chi connectivity index (χ1v) is 6.44. The van der Waals surface area contributed by atoms with E-state index in [1.807, 2.05) is 32.0 Å². The molecule has 20 heavy (non-hydrogen) atoms. The van der Waals surface area contributed by atoms with Crippen LogP contribution in [0.2, 0.25) is 0 Å². The van der Waals surface area contributed by atoms with Gasteiger partial charge in [0.2, 0.25) is 0 Å². The molecule has 0 radical (unpaired) electrons. The number of hydrogen-bond acceptors (Lipinski definition) is 3. The van der Waals surface area contributed by atoms with E-state index >= 15 is 0 Å². The number of carbonyl (C=O) groups excluding carboxylic acids is 1. The van der Waals surface area contributed by atoms with Crippen molar-refractivity contribution >= 4 is 17.7 Å². The molecule has 1 aliphatic rings. The van der Waals surface area contributed by atoms with Crippen LogP contribution in [0.4, 0.5) is 10.5 Å². The van der Waals surface area contributed by atoms with E-state index in [4.69, 9.17) is 9.84 Å². The highest BCUT2D eigenvalue weighted by Gasteiger charge is 2.28. The summed E-state index contributed by atoms with van der Waals surface area (Å²) in [4.78, 5) is 24.5. The van der Waals surface area contributed by atoms with E-state index in [2.05, 4.69) is 5.32 Å². The number of amides is 2. The third-order valence-electron chi connectivity index (χ3n) is 3.10. The molecule has 0 aromatic heterocycles. The highest BCUT2D eigenvalue weighted by Crippen LogP contribution is 2.15. The summed E-state index contributed by atoms with van der Waals surface area (Å²) >= 11 is 0. The molecule has 2 N–H and O–H groups in total. The Bertz CT molecular complexity index is 510. The summed E-state index contributed by atoms with van der Waals surface area (Å²) < 4.78 is 5.09. The van der Waals surface area contributed by atoms with Crippen molar-refractivity contribution in [2.45, 2.75) is 20.0 Å². The van der Waals surface area contributed by atoms with Crippen molar-refractivity contribution in [2.24, 2.45) is 0 Å². The number of aliphatic carboxylic acids is 1. The minimum Gasteiger partial charge on any atom is -0.479 e. The van der Waals surface area contributed by atoms with E-state index in [1.165, 1.54) is 4.90 Å². The number of nitrogens with one attached hydrogen (secondary N) is 1. The Labute approximate surface area is 117 Å². The van der Waals surface area contributed by atoms with E-state index in [1.54, 1.807) is 0 Å². The molecule has 0 saturated carbocycles. The van der Waals surface area contributed by atoms with Gasteiger partial charge < -0.3 is 20.1 Å². The van der Waals surface area contributed by atoms with E-state index in [0.717, 1.165) is 11.1 Å². The number of rotatable bonds is 2. The van der Waals surface area contributed by atoms with Crippen molar-refractivity contribution in [1.82, 2.24) is 4.90 Å². The van der Waals surface area contributed by atoms with Crippen molar-refractivity contribution < 1.29 is 19.4 Å². The van der Waals surface area contributed by atoms with Crippen LogP contribution >= 0.6 is 0 Å². The lowest BCUT2D eigenvalue weighted by Crippen LogP contribution is -2.49. The smallest absolute Gasteiger partial charge is 0.334 e. The molecule has 1 aromatic rings. The first-order valence-electron chi connectivity index (χ1n) is 6.44. The van der Waals surface area contributed by atoms with Gasteiger partial charge in [-0.05, 0) is 37.1 Å².